The summed E-state index contributed by atoms with van der Waals surface area (Å²) < 4.78 is 0.819. The summed E-state index contributed by atoms with van der Waals surface area (Å²) in [6, 6.07) is 6.44. The van der Waals surface area contributed by atoms with Crippen LogP contribution in [0.1, 0.15) is 10.5 Å². The lowest BCUT2D eigenvalue weighted by molar-refractivity contribution is 0.102. The summed E-state index contributed by atoms with van der Waals surface area (Å²) in [7, 11) is 0. The Kier molecular flexibility index (Phi) is 4.16. The number of carbonyl (C=O) groups excluding carboxylic acids is 1. The van der Waals surface area contributed by atoms with Gasteiger partial charge in [-0.1, -0.05) is 23.2 Å². The molecule has 0 aromatic carbocycles. The average molecular weight is 347 g/mol. The molecule has 92 valence electrons. The minimum Gasteiger partial charge on any atom is -0.305 e. The number of nitrogens with one attached hydrogen (secondary N) is 1. The van der Waals surface area contributed by atoms with Crippen LogP contribution in [0.15, 0.2) is 34.9 Å². The van der Waals surface area contributed by atoms with E-state index in [0.717, 1.165) is 4.47 Å². The third-order valence-corrected chi connectivity index (χ3v) is 2.98. The molecule has 18 heavy (non-hydrogen) atoms. The van der Waals surface area contributed by atoms with Gasteiger partial charge in [0.15, 0.2) is 0 Å². The number of anilines is 1. The first-order valence-electron chi connectivity index (χ1n) is 4.81. The Morgan fingerprint density at radius 2 is 2.00 bits per heavy atom. The normalized spacial score (nSPS) is 10.2. The van der Waals surface area contributed by atoms with E-state index in [1.54, 1.807) is 18.3 Å². The predicted molar refractivity (Wildman–Crippen MR) is 74.1 cm³/mol. The van der Waals surface area contributed by atoms with Crippen molar-refractivity contribution in [1.29, 1.82) is 0 Å². The summed E-state index contributed by atoms with van der Waals surface area (Å²) in [5, 5.41) is 3.01. The van der Waals surface area contributed by atoms with Gasteiger partial charge in [0, 0.05) is 10.7 Å². The molecule has 0 unspecified atom stereocenters. The lowest BCUT2D eigenvalue weighted by atomic mass is 10.3. The molecule has 2 aromatic heterocycles. The molecule has 0 radical (unpaired) electrons. The van der Waals surface area contributed by atoms with Crippen molar-refractivity contribution in [3.8, 4) is 0 Å². The summed E-state index contributed by atoms with van der Waals surface area (Å²) in [6.45, 7) is 0. The maximum Gasteiger partial charge on any atom is 0.277 e. The van der Waals surface area contributed by atoms with Crippen molar-refractivity contribution in [3.63, 3.8) is 0 Å². The molecule has 0 saturated heterocycles. The highest BCUT2D eigenvalue weighted by molar-refractivity contribution is 9.10. The van der Waals surface area contributed by atoms with Crippen LogP contribution in [0.2, 0.25) is 10.2 Å². The Balaban J connectivity index is 2.21. The van der Waals surface area contributed by atoms with Crippen molar-refractivity contribution in [2.45, 2.75) is 0 Å². The fourth-order valence-electron chi connectivity index (χ4n) is 1.20. The lowest BCUT2D eigenvalue weighted by Gasteiger charge is -2.05. The zero-order chi connectivity index (χ0) is 13.1. The van der Waals surface area contributed by atoms with E-state index >= 15 is 0 Å². The van der Waals surface area contributed by atoms with Crippen LogP contribution in [-0.4, -0.2) is 15.9 Å². The molecular weight excluding hydrogens is 341 g/mol. The molecule has 0 saturated carbocycles. The maximum atomic E-state index is 11.9. The monoisotopic (exact) mass is 345 g/mol. The zero-order valence-electron chi connectivity index (χ0n) is 8.82. The Morgan fingerprint density at radius 3 is 2.67 bits per heavy atom. The molecule has 0 fully saturated rings. The molecule has 1 N–H and O–H groups in total. The molecule has 1 amide bonds. The molecule has 7 heteroatoms. The third-order valence-electron chi connectivity index (χ3n) is 2.00. The second kappa shape index (κ2) is 5.65. The molecule has 0 aliphatic heterocycles. The van der Waals surface area contributed by atoms with Gasteiger partial charge >= 0.3 is 0 Å². The number of hydrogen-bond acceptors (Lipinski definition) is 3. The summed E-state index contributed by atoms with van der Waals surface area (Å²) in [5.74, 6) is -0.0571. The molecule has 0 aliphatic rings. The van der Waals surface area contributed by atoms with E-state index < -0.39 is 5.91 Å². The first-order chi connectivity index (χ1) is 8.56. The first-order valence-corrected chi connectivity index (χ1v) is 6.36. The standard InChI is InChI=1S/C11H6BrCl2N3O/c12-6-1-4-9(15-5-6)17-11(18)10-7(13)2-3-8(14)16-10/h1-5H,(H,15,17,18). The van der Waals surface area contributed by atoms with Gasteiger partial charge in [-0.15, -0.1) is 0 Å². The van der Waals surface area contributed by atoms with Gasteiger partial charge in [-0.2, -0.15) is 0 Å². The van der Waals surface area contributed by atoms with Gasteiger partial charge in [-0.3, -0.25) is 4.79 Å². The van der Waals surface area contributed by atoms with Gasteiger partial charge in [0.25, 0.3) is 5.91 Å². The van der Waals surface area contributed by atoms with E-state index in [1.807, 2.05) is 0 Å². The number of pyridine rings is 2. The van der Waals surface area contributed by atoms with Gasteiger partial charge in [0.2, 0.25) is 0 Å². The smallest absolute Gasteiger partial charge is 0.277 e. The number of nitrogens with zero attached hydrogens (tertiary/aromatic N) is 2. The first kappa shape index (κ1) is 13.3. The van der Waals surface area contributed by atoms with Crippen LogP contribution in [0.3, 0.4) is 0 Å². The SMILES string of the molecule is O=C(Nc1ccc(Br)cn1)c1nc(Cl)ccc1Cl. The van der Waals surface area contributed by atoms with Crippen LogP contribution in [0.25, 0.3) is 0 Å². The van der Waals surface area contributed by atoms with E-state index in [1.165, 1.54) is 12.1 Å². The topological polar surface area (TPSA) is 54.9 Å². The van der Waals surface area contributed by atoms with Gasteiger partial charge in [-0.05, 0) is 40.2 Å². The fraction of sp³-hybridized carbons (Fsp3) is 0. The number of aromatic nitrogens is 2. The summed E-state index contributed by atoms with van der Waals surface area (Å²) >= 11 is 14.8. The van der Waals surface area contributed by atoms with Crippen LogP contribution < -0.4 is 5.32 Å². The summed E-state index contributed by atoms with van der Waals surface area (Å²) in [4.78, 5) is 19.8. The van der Waals surface area contributed by atoms with Crippen molar-refractivity contribution in [2.75, 3.05) is 5.32 Å². The van der Waals surface area contributed by atoms with Gasteiger partial charge in [0.05, 0.1) is 5.02 Å². The van der Waals surface area contributed by atoms with Crippen molar-refractivity contribution in [2.24, 2.45) is 0 Å². The number of rotatable bonds is 2. The van der Waals surface area contributed by atoms with Crippen molar-refractivity contribution in [3.05, 3.63) is 50.8 Å². The second-order valence-corrected chi connectivity index (χ2v) is 4.99. The van der Waals surface area contributed by atoms with Crippen LogP contribution in [0, 0.1) is 0 Å². The van der Waals surface area contributed by atoms with Crippen LogP contribution in [0.5, 0.6) is 0 Å². The van der Waals surface area contributed by atoms with Crippen LogP contribution in [-0.2, 0) is 0 Å². The highest BCUT2D eigenvalue weighted by Gasteiger charge is 2.13. The zero-order valence-corrected chi connectivity index (χ0v) is 11.9. The van der Waals surface area contributed by atoms with Crippen LogP contribution in [0.4, 0.5) is 5.82 Å². The molecule has 0 bridgehead atoms. The van der Waals surface area contributed by atoms with E-state index in [-0.39, 0.29) is 15.9 Å². The Morgan fingerprint density at radius 1 is 1.22 bits per heavy atom. The lowest BCUT2D eigenvalue weighted by Crippen LogP contribution is -2.15. The maximum absolute atomic E-state index is 11.9. The summed E-state index contributed by atoms with van der Waals surface area (Å²) in [6.07, 6.45) is 1.57. The molecule has 0 spiro atoms. The molecule has 2 rings (SSSR count). The molecule has 0 aliphatic carbocycles. The Bertz CT molecular complexity index is 589. The van der Waals surface area contributed by atoms with Gasteiger partial charge in [-0.25, -0.2) is 9.97 Å². The van der Waals surface area contributed by atoms with Crippen molar-refractivity contribution >= 4 is 50.9 Å². The number of halogens is 3. The molecular formula is C11H6BrCl2N3O. The summed E-state index contributed by atoms with van der Waals surface area (Å²) in [5.41, 5.74) is 0.0638. The van der Waals surface area contributed by atoms with E-state index in [4.69, 9.17) is 23.2 Å². The van der Waals surface area contributed by atoms with Gasteiger partial charge in [0.1, 0.15) is 16.7 Å². The Labute approximate surface area is 121 Å². The average Bonchev–Trinajstić information content (AvgIpc) is 2.35. The molecule has 0 atom stereocenters. The molecule has 2 aromatic rings. The second-order valence-electron chi connectivity index (χ2n) is 3.28. The molecule has 4 nitrogen and oxygen atoms in total. The number of carbonyl (C=O) groups is 1. The quantitative estimate of drug-likeness (QED) is 0.841. The van der Waals surface area contributed by atoms with Crippen LogP contribution >= 0.6 is 39.1 Å². The van der Waals surface area contributed by atoms with Crippen molar-refractivity contribution in [1.82, 2.24) is 9.97 Å². The Hall–Kier alpha value is -1.17. The highest BCUT2D eigenvalue weighted by atomic mass is 79.9. The van der Waals surface area contributed by atoms with E-state index in [2.05, 4.69) is 31.2 Å². The largest absolute Gasteiger partial charge is 0.305 e. The van der Waals surface area contributed by atoms with E-state index in [0.29, 0.717) is 5.82 Å². The third kappa shape index (κ3) is 3.19. The van der Waals surface area contributed by atoms with Gasteiger partial charge < -0.3 is 5.32 Å². The predicted octanol–water partition coefficient (Wildman–Crippen LogP) is 3.80. The van der Waals surface area contributed by atoms with Crippen molar-refractivity contribution < 1.29 is 4.79 Å². The minimum absolute atomic E-state index is 0.0638. The fourth-order valence-corrected chi connectivity index (χ4v) is 1.78. The molecule has 2 heterocycles. The van der Waals surface area contributed by atoms with E-state index in [9.17, 15) is 4.79 Å². The number of hydrogen-bond donors (Lipinski definition) is 1. The minimum atomic E-state index is -0.461. The highest BCUT2D eigenvalue weighted by Crippen LogP contribution is 2.18. The number of amides is 1.